The molecule has 5 atom stereocenters. The minimum atomic E-state index is -1.04. The molecule has 0 amide bonds. The van der Waals surface area contributed by atoms with Gasteiger partial charge in [-0.05, 0) is 32.0 Å². The average molecular weight is 296 g/mol. The van der Waals surface area contributed by atoms with E-state index in [2.05, 4.69) is 24.1 Å². The van der Waals surface area contributed by atoms with Gasteiger partial charge in [0.15, 0.2) is 6.23 Å². The molecular formula is C15H24N2O4. The molecule has 0 saturated carbocycles. The van der Waals surface area contributed by atoms with Gasteiger partial charge in [0.2, 0.25) is 0 Å². The van der Waals surface area contributed by atoms with E-state index in [1.165, 1.54) is 12.0 Å². The molecule has 0 aliphatic carbocycles. The van der Waals surface area contributed by atoms with Crippen molar-refractivity contribution in [2.24, 2.45) is 0 Å². The van der Waals surface area contributed by atoms with E-state index >= 15 is 0 Å². The van der Waals surface area contributed by atoms with E-state index in [9.17, 15) is 15.3 Å². The summed E-state index contributed by atoms with van der Waals surface area (Å²) >= 11 is 0. The highest BCUT2D eigenvalue weighted by Gasteiger charge is 2.44. The summed E-state index contributed by atoms with van der Waals surface area (Å²) in [6.07, 6.45) is 5.15. The van der Waals surface area contributed by atoms with Gasteiger partial charge in [-0.3, -0.25) is 4.90 Å². The fourth-order valence-corrected chi connectivity index (χ4v) is 3.46. The van der Waals surface area contributed by atoms with Gasteiger partial charge in [0, 0.05) is 18.8 Å². The van der Waals surface area contributed by atoms with Crippen LogP contribution in [0.1, 0.15) is 12.8 Å². The SMILES string of the molecule is CN1CCCC1C1=CN(C2O[C@H](CO)[C@@H](O)[C@H]2O)CC=C1. The van der Waals surface area contributed by atoms with Crippen molar-refractivity contribution in [3.05, 3.63) is 23.9 Å². The molecular weight excluding hydrogens is 272 g/mol. The standard InChI is InChI=1S/C15H24N2O4/c1-16-6-3-5-11(16)10-4-2-7-17(8-10)15-14(20)13(19)12(9-18)21-15/h2,4,8,11-15,18-20H,3,5-7,9H2,1H3/t11?,12-,13-,14-,15?/m1/s1. The van der Waals surface area contributed by atoms with Gasteiger partial charge >= 0.3 is 0 Å². The molecule has 21 heavy (non-hydrogen) atoms. The lowest BCUT2D eigenvalue weighted by Crippen LogP contribution is -2.43. The first-order chi connectivity index (χ1) is 10.1. The van der Waals surface area contributed by atoms with Crippen LogP contribution in [0.4, 0.5) is 0 Å². The summed E-state index contributed by atoms with van der Waals surface area (Å²) in [6.45, 7) is 1.44. The predicted octanol–water partition coefficient (Wildman–Crippen LogP) is -0.725. The number of likely N-dealkylation sites (N-methyl/N-ethyl adjacent to an activating group) is 1. The molecule has 0 aromatic rings. The van der Waals surface area contributed by atoms with Crippen LogP contribution in [0.15, 0.2) is 23.9 Å². The highest BCUT2D eigenvalue weighted by molar-refractivity contribution is 5.29. The minimum absolute atomic E-state index is 0.291. The lowest BCUT2D eigenvalue weighted by molar-refractivity contribution is -0.0770. The summed E-state index contributed by atoms with van der Waals surface area (Å²) in [5.74, 6) is 0. The van der Waals surface area contributed by atoms with Crippen LogP contribution in [0.3, 0.4) is 0 Å². The number of rotatable bonds is 3. The van der Waals surface area contributed by atoms with Gasteiger partial charge < -0.3 is 25.0 Å². The second-order valence-electron chi connectivity index (χ2n) is 6.10. The van der Waals surface area contributed by atoms with Crippen LogP contribution in [0.5, 0.6) is 0 Å². The van der Waals surface area contributed by atoms with E-state index in [1.54, 1.807) is 0 Å². The monoisotopic (exact) mass is 296 g/mol. The van der Waals surface area contributed by atoms with E-state index in [0.29, 0.717) is 12.6 Å². The van der Waals surface area contributed by atoms with Crippen LogP contribution < -0.4 is 0 Å². The summed E-state index contributed by atoms with van der Waals surface area (Å²) in [5, 5.41) is 29.2. The summed E-state index contributed by atoms with van der Waals surface area (Å²) in [5.41, 5.74) is 1.21. The molecule has 2 unspecified atom stereocenters. The molecule has 2 fully saturated rings. The second kappa shape index (κ2) is 6.06. The number of hydrogen-bond acceptors (Lipinski definition) is 6. The van der Waals surface area contributed by atoms with Gasteiger partial charge in [-0.1, -0.05) is 12.2 Å². The van der Waals surface area contributed by atoms with Crippen molar-refractivity contribution in [3.8, 4) is 0 Å². The maximum absolute atomic E-state index is 10.1. The first-order valence-electron chi connectivity index (χ1n) is 7.58. The Morgan fingerprint density at radius 2 is 2.14 bits per heavy atom. The molecule has 2 saturated heterocycles. The number of aliphatic hydroxyl groups excluding tert-OH is 3. The Morgan fingerprint density at radius 1 is 1.33 bits per heavy atom. The molecule has 3 aliphatic heterocycles. The Balaban J connectivity index is 1.74. The van der Waals surface area contributed by atoms with E-state index in [1.807, 2.05) is 11.1 Å². The zero-order valence-corrected chi connectivity index (χ0v) is 12.3. The van der Waals surface area contributed by atoms with Crippen LogP contribution in [-0.4, -0.2) is 82.4 Å². The summed E-state index contributed by atoms with van der Waals surface area (Å²) in [4.78, 5) is 4.24. The zero-order valence-electron chi connectivity index (χ0n) is 12.3. The molecule has 3 rings (SSSR count). The Hall–Kier alpha value is -0.920. The molecule has 0 spiro atoms. The fourth-order valence-electron chi connectivity index (χ4n) is 3.46. The molecule has 118 valence electrons. The zero-order chi connectivity index (χ0) is 15.0. The molecule has 3 aliphatic rings. The molecule has 3 N–H and O–H groups in total. The van der Waals surface area contributed by atoms with Crippen LogP contribution in [-0.2, 0) is 4.74 Å². The molecule has 0 aromatic carbocycles. The highest BCUT2D eigenvalue weighted by Crippen LogP contribution is 2.29. The molecule has 6 nitrogen and oxygen atoms in total. The molecule has 6 heteroatoms. The van der Waals surface area contributed by atoms with Crippen molar-refractivity contribution in [1.82, 2.24) is 9.80 Å². The van der Waals surface area contributed by atoms with Crippen molar-refractivity contribution < 1.29 is 20.1 Å². The van der Waals surface area contributed by atoms with E-state index in [0.717, 1.165) is 13.0 Å². The topological polar surface area (TPSA) is 76.4 Å². The Labute approximate surface area is 124 Å². The van der Waals surface area contributed by atoms with Crippen LogP contribution in [0, 0.1) is 0 Å². The summed E-state index contributed by atoms with van der Waals surface area (Å²) in [6, 6.07) is 0.404. The minimum Gasteiger partial charge on any atom is -0.394 e. The Morgan fingerprint density at radius 3 is 2.76 bits per heavy atom. The molecule has 0 bridgehead atoms. The average Bonchev–Trinajstić information content (AvgIpc) is 3.04. The Kier molecular flexibility index (Phi) is 4.33. The van der Waals surface area contributed by atoms with Crippen LogP contribution >= 0.6 is 0 Å². The number of nitrogens with zero attached hydrogens (tertiary/aromatic N) is 2. The van der Waals surface area contributed by atoms with E-state index < -0.39 is 24.5 Å². The van der Waals surface area contributed by atoms with E-state index in [-0.39, 0.29) is 6.61 Å². The largest absolute Gasteiger partial charge is 0.394 e. The second-order valence-corrected chi connectivity index (χ2v) is 6.10. The van der Waals surface area contributed by atoms with Gasteiger partial charge in [0.05, 0.1) is 6.61 Å². The van der Waals surface area contributed by atoms with Gasteiger partial charge in [-0.25, -0.2) is 0 Å². The predicted molar refractivity (Wildman–Crippen MR) is 77.3 cm³/mol. The van der Waals surface area contributed by atoms with Crippen molar-refractivity contribution in [3.63, 3.8) is 0 Å². The van der Waals surface area contributed by atoms with Gasteiger partial charge in [0.1, 0.15) is 18.3 Å². The third-order valence-corrected chi connectivity index (χ3v) is 4.69. The molecule has 0 aromatic heterocycles. The van der Waals surface area contributed by atoms with Crippen molar-refractivity contribution in [2.75, 3.05) is 26.7 Å². The maximum atomic E-state index is 10.1. The normalized spacial score (nSPS) is 40.9. The number of aliphatic hydroxyl groups is 3. The lowest BCUT2D eigenvalue weighted by atomic mass is 10.0. The molecule has 3 heterocycles. The lowest BCUT2D eigenvalue weighted by Gasteiger charge is -2.33. The molecule has 0 radical (unpaired) electrons. The first-order valence-corrected chi connectivity index (χ1v) is 7.58. The van der Waals surface area contributed by atoms with Crippen LogP contribution in [0.2, 0.25) is 0 Å². The third-order valence-electron chi connectivity index (χ3n) is 4.69. The van der Waals surface area contributed by atoms with Crippen molar-refractivity contribution in [1.29, 1.82) is 0 Å². The van der Waals surface area contributed by atoms with Gasteiger partial charge in [-0.2, -0.15) is 0 Å². The highest BCUT2D eigenvalue weighted by atomic mass is 16.6. The fraction of sp³-hybridized carbons (Fsp3) is 0.733. The number of ether oxygens (including phenoxy) is 1. The van der Waals surface area contributed by atoms with Crippen LogP contribution in [0.25, 0.3) is 0 Å². The summed E-state index contributed by atoms with van der Waals surface area (Å²) < 4.78 is 5.60. The number of hydrogen-bond donors (Lipinski definition) is 3. The van der Waals surface area contributed by atoms with Crippen molar-refractivity contribution >= 4 is 0 Å². The Bertz CT molecular complexity index is 439. The number of likely N-dealkylation sites (tertiary alicyclic amines) is 1. The maximum Gasteiger partial charge on any atom is 0.159 e. The van der Waals surface area contributed by atoms with Gasteiger partial charge in [-0.15, -0.1) is 0 Å². The smallest absolute Gasteiger partial charge is 0.159 e. The van der Waals surface area contributed by atoms with Crippen molar-refractivity contribution in [2.45, 2.75) is 43.4 Å². The van der Waals surface area contributed by atoms with E-state index in [4.69, 9.17) is 4.74 Å². The first kappa shape index (κ1) is 15.0. The third kappa shape index (κ3) is 2.74. The quantitative estimate of drug-likeness (QED) is 0.638. The van der Waals surface area contributed by atoms with Gasteiger partial charge in [0.25, 0.3) is 0 Å². The summed E-state index contributed by atoms with van der Waals surface area (Å²) in [7, 11) is 2.12.